The van der Waals surface area contributed by atoms with Gasteiger partial charge in [0.1, 0.15) is 5.75 Å². The average Bonchev–Trinajstić information content (AvgIpc) is 2.58. The van der Waals surface area contributed by atoms with E-state index in [1.54, 1.807) is 30.0 Å². The highest BCUT2D eigenvalue weighted by molar-refractivity contribution is 8.00. The Hall–Kier alpha value is -2.47. The molecule has 2 aromatic rings. The highest BCUT2D eigenvalue weighted by Gasteiger charge is 2.12. The second-order valence-corrected chi connectivity index (χ2v) is 7.29. The number of hydrogen-bond acceptors (Lipinski definition) is 4. The predicted octanol–water partition coefficient (Wildman–Crippen LogP) is 3.58. The van der Waals surface area contributed by atoms with E-state index in [0.717, 1.165) is 10.5 Å². The van der Waals surface area contributed by atoms with E-state index in [9.17, 15) is 9.59 Å². The number of thioether (sulfide) groups is 1. The van der Waals surface area contributed by atoms with Crippen LogP contribution in [-0.4, -0.2) is 28.8 Å². The van der Waals surface area contributed by atoms with Crippen molar-refractivity contribution in [3.05, 3.63) is 59.7 Å². The van der Waals surface area contributed by atoms with Gasteiger partial charge in [-0.05, 0) is 29.8 Å². The Bertz CT molecular complexity index is 746. The van der Waals surface area contributed by atoms with Crippen molar-refractivity contribution >= 4 is 23.6 Å². The fraction of sp³-hybridized carbons (Fsp3) is 0.263. The minimum Gasteiger partial charge on any atom is -0.482 e. The van der Waals surface area contributed by atoms with E-state index >= 15 is 0 Å². The molecule has 5 nitrogen and oxygen atoms in total. The highest BCUT2D eigenvalue weighted by atomic mass is 32.2. The lowest BCUT2D eigenvalue weighted by atomic mass is 10.2. The Morgan fingerprint density at radius 1 is 1.16 bits per heavy atom. The molecule has 0 spiro atoms. The Kier molecular flexibility index (Phi) is 6.89. The molecule has 0 fully saturated rings. The number of hydrogen-bond donors (Lipinski definition) is 2. The third-order valence-corrected chi connectivity index (χ3v) is 4.29. The first-order chi connectivity index (χ1) is 12.0. The fourth-order valence-corrected chi connectivity index (χ4v) is 3.13. The molecule has 132 valence electrons. The maximum atomic E-state index is 12.5. The van der Waals surface area contributed by atoms with Gasteiger partial charge in [0.15, 0.2) is 6.61 Å². The van der Waals surface area contributed by atoms with E-state index in [1.165, 1.54) is 0 Å². The third kappa shape index (κ3) is 6.15. The second kappa shape index (κ2) is 9.13. The van der Waals surface area contributed by atoms with Crippen molar-refractivity contribution in [2.45, 2.75) is 30.5 Å². The Morgan fingerprint density at radius 3 is 2.64 bits per heavy atom. The summed E-state index contributed by atoms with van der Waals surface area (Å²) in [6.07, 6.45) is 0. The van der Waals surface area contributed by atoms with Crippen LogP contribution in [0.25, 0.3) is 0 Å². The number of ether oxygens (including phenoxy) is 1. The summed E-state index contributed by atoms with van der Waals surface area (Å²) in [5.74, 6) is -0.705. The number of aliphatic carboxylic acids is 1. The third-order valence-electron chi connectivity index (χ3n) is 3.21. The smallest absolute Gasteiger partial charge is 0.341 e. The van der Waals surface area contributed by atoms with E-state index in [-0.39, 0.29) is 5.91 Å². The highest BCUT2D eigenvalue weighted by Crippen LogP contribution is 2.26. The van der Waals surface area contributed by atoms with Crippen LogP contribution in [0, 0.1) is 0 Å². The number of carbonyl (C=O) groups excluding carboxylic acids is 1. The fourth-order valence-electron chi connectivity index (χ4n) is 2.18. The molecule has 0 saturated heterocycles. The first-order valence-electron chi connectivity index (χ1n) is 7.93. The molecule has 0 saturated carbocycles. The molecule has 25 heavy (non-hydrogen) atoms. The van der Waals surface area contributed by atoms with Gasteiger partial charge >= 0.3 is 5.97 Å². The van der Waals surface area contributed by atoms with Gasteiger partial charge in [0, 0.05) is 16.7 Å². The van der Waals surface area contributed by atoms with Crippen molar-refractivity contribution in [1.29, 1.82) is 0 Å². The van der Waals surface area contributed by atoms with E-state index < -0.39 is 12.6 Å². The first-order valence-corrected chi connectivity index (χ1v) is 8.81. The zero-order valence-electron chi connectivity index (χ0n) is 14.2. The molecule has 6 heteroatoms. The van der Waals surface area contributed by atoms with Crippen molar-refractivity contribution in [2.24, 2.45) is 0 Å². The number of amides is 1. The molecule has 0 aliphatic rings. The van der Waals surface area contributed by atoms with Gasteiger partial charge in [0.25, 0.3) is 5.91 Å². The number of carboxylic acids is 1. The summed E-state index contributed by atoms with van der Waals surface area (Å²) < 4.78 is 5.15. The second-order valence-electron chi connectivity index (χ2n) is 5.68. The SMILES string of the molecule is CC(C)Sc1ccccc1C(=O)NCc1cccc(OCC(=O)O)c1. The van der Waals surface area contributed by atoms with Crippen LogP contribution in [0.1, 0.15) is 29.8 Å². The van der Waals surface area contributed by atoms with Crippen molar-refractivity contribution in [3.63, 3.8) is 0 Å². The number of carboxylic acid groups (broad SMARTS) is 1. The molecule has 0 aliphatic carbocycles. The van der Waals surface area contributed by atoms with E-state index in [0.29, 0.717) is 23.1 Å². The number of carbonyl (C=O) groups is 2. The number of nitrogens with one attached hydrogen (secondary N) is 1. The molecule has 2 N–H and O–H groups in total. The van der Waals surface area contributed by atoms with Crippen LogP contribution in [0.15, 0.2) is 53.4 Å². The Balaban J connectivity index is 2.01. The van der Waals surface area contributed by atoms with Crippen molar-refractivity contribution < 1.29 is 19.4 Å². The molecule has 0 heterocycles. The van der Waals surface area contributed by atoms with E-state index in [4.69, 9.17) is 9.84 Å². The van der Waals surface area contributed by atoms with Gasteiger partial charge in [-0.2, -0.15) is 0 Å². The minimum atomic E-state index is -1.03. The van der Waals surface area contributed by atoms with Crippen LogP contribution in [0.2, 0.25) is 0 Å². The monoisotopic (exact) mass is 359 g/mol. The Morgan fingerprint density at radius 2 is 1.92 bits per heavy atom. The molecule has 0 radical (unpaired) electrons. The molecule has 0 bridgehead atoms. The first kappa shape index (κ1) is 18.9. The van der Waals surface area contributed by atoms with Crippen LogP contribution in [0.3, 0.4) is 0 Å². The van der Waals surface area contributed by atoms with Gasteiger partial charge < -0.3 is 15.2 Å². The van der Waals surface area contributed by atoms with Crippen molar-refractivity contribution in [3.8, 4) is 5.75 Å². The summed E-state index contributed by atoms with van der Waals surface area (Å²) >= 11 is 1.65. The topological polar surface area (TPSA) is 75.6 Å². The molecule has 0 aromatic heterocycles. The summed E-state index contributed by atoms with van der Waals surface area (Å²) in [4.78, 5) is 24.0. The lowest BCUT2D eigenvalue weighted by Crippen LogP contribution is -2.23. The maximum absolute atomic E-state index is 12.5. The van der Waals surface area contributed by atoms with Crippen molar-refractivity contribution in [2.75, 3.05) is 6.61 Å². The lowest BCUT2D eigenvalue weighted by molar-refractivity contribution is -0.139. The quantitative estimate of drug-likeness (QED) is 0.705. The Labute approximate surface area is 151 Å². The van der Waals surface area contributed by atoms with Crippen LogP contribution in [-0.2, 0) is 11.3 Å². The molecule has 0 unspecified atom stereocenters. The van der Waals surface area contributed by atoms with Gasteiger partial charge in [-0.3, -0.25) is 4.79 Å². The predicted molar refractivity (Wildman–Crippen MR) is 98.2 cm³/mol. The summed E-state index contributed by atoms with van der Waals surface area (Å²) in [7, 11) is 0. The zero-order chi connectivity index (χ0) is 18.2. The molecule has 2 aromatic carbocycles. The molecule has 1 amide bonds. The molecular formula is C19H21NO4S. The van der Waals surface area contributed by atoms with Crippen molar-refractivity contribution in [1.82, 2.24) is 5.32 Å². The molecule has 2 rings (SSSR count). The van der Waals surface area contributed by atoms with Gasteiger partial charge in [-0.1, -0.05) is 38.1 Å². The number of benzene rings is 2. The summed E-state index contributed by atoms with van der Waals surface area (Å²) in [6, 6.07) is 14.5. The van der Waals surface area contributed by atoms with Gasteiger partial charge in [0.05, 0.1) is 5.56 Å². The summed E-state index contributed by atoms with van der Waals surface area (Å²) in [5, 5.41) is 11.9. The van der Waals surface area contributed by atoms with Gasteiger partial charge in [-0.15, -0.1) is 11.8 Å². The van der Waals surface area contributed by atoms with Gasteiger partial charge in [-0.25, -0.2) is 4.79 Å². The van der Waals surface area contributed by atoms with E-state index in [1.807, 2.05) is 30.3 Å². The summed E-state index contributed by atoms with van der Waals surface area (Å²) in [6.45, 7) is 4.11. The number of rotatable bonds is 8. The van der Waals surface area contributed by atoms with Crippen LogP contribution in [0.4, 0.5) is 0 Å². The van der Waals surface area contributed by atoms with E-state index in [2.05, 4.69) is 19.2 Å². The largest absolute Gasteiger partial charge is 0.482 e. The zero-order valence-corrected chi connectivity index (χ0v) is 15.0. The standard InChI is InChI=1S/C19H21NO4S/c1-13(2)25-17-9-4-3-8-16(17)19(23)20-11-14-6-5-7-15(10-14)24-12-18(21)22/h3-10,13H,11-12H2,1-2H3,(H,20,23)(H,21,22). The van der Waals surface area contributed by atoms with Crippen LogP contribution in [0.5, 0.6) is 5.75 Å². The van der Waals surface area contributed by atoms with Crippen LogP contribution < -0.4 is 10.1 Å². The normalized spacial score (nSPS) is 10.5. The average molecular weight is 359 g/mol. The molecular weight excluding hydrogens is 338 g/mol. The van der Waals surface area contributed by atoms with Crippen LogP contribution >= 0.6 is 11.8 Å². The molecule has 0 atom stereocenters. The maximum Gasteiger partial charge on any atom is 0.341 e. The minimum absolute atomic E-state index is 0.138. The summed E-state index contributed by atoms with van der Waals surface area (Å²) in [5.41, 5.74) is 1.49. The lowest BCUT2D eigenvalue weighted by Gasteiger charge is -2.12. The van der Waals surface area contributed by atoms with Gasteiger partial charge in [0.2, 0.25) is 0 Å². The molecule has 0 aliphatic heterocycles.